The van der Waals surface area contributed by atoms with Crippen molar-refractivity contribution < 1.29 is 33.3 Å². The first-order valence-electron chi connectivity index (χ1n) is 18.4. The summed E-state index contributed by atoms with van der Waals surface area (Å²) >= 11 is 0. The Morgan fingerprint density at radius 1 is 0.868 bits per heavy atom. The van der Waals surface area contributed by atoms with Crippen LogP contribution in [0.15, 0.2) is 84.9 Å². The number of carboxylic acid groups (broad SMARTS) is 1. The molecule has 1 amide bonds. The van der Waals surface area contributed by atoms with E-state index in [1.807, 2.05) is 60.7 Å². The van der Waals surface area contributed by atoms with Crippen LogP contribution in [0.2, 0.25) is 0 Å². The zero-order chi connectivity index (χ0) is 39.1. The fourth-order valence-electron chi connectivity index (χ4n) is 7.12. The zero-order valence-electron chi connectivity index (χ0n) is 33.0. The molecule has 2 N–H and O–H groups in total. The van der Waals surface area contributed by atoms with Gasteiger partial charge in [0.1, 0.15) is 5.82 Å². The highest BCUT2D eigenvalue weighted by molar-refractivity contribution is 6.12. The third kappa shape index (κ3) is 12.1. The number of para-hydroxylation sites is 1. The Labute approximate surface area is 314 Å². The van der Waals surface area contributed by atoms with Crippen molar-refractivity contribution in [2.75, 3.05) is 5.32 Å². The Bertz CT molecular complexity index is 1790. The van der Waals surface area contributed by atoms with Gasteiger partial charge in [0.05, 0.1) is 41.1 Å². The van der Waals surface area contributed by atoms with E-state index in [0.29, 0.717) is 30.6 Å². The number of nitrogens with zero attached hydrogens (tertiary/aromatic N) is 1. The maximum Gasteiger partial charge on any atom is 0.305 e. The molecule has 0 saturated carbocycles. The maximum atomic E-state index is 14.2. The number of ether oxygens (including phenoxy) is 3. The third-order valence-corrected chi connectivity index (χ3v) is 8.41. The van der Waals surface area contributed by atoms with Gasteiger partial charge in [-0.1, -0.05) is 62.4 Å². The molecule has 286 valence electrons. The topological polar surface area (TPSA) is 99.0 Å². The van der Waals surface area contributed by atoms with Crippen molar-refractivity contribution in [2.45, 2.75) is 130 Å². The van der Waals surface area contributed by atoms with Crippen molar-refractivity contribution in [2.24, 2.45) is 0 Å². The highest BCUT2D eigenvalue weighted by Gasteiger charge is 2.37. The third-order valence-electron chi connectivity index (χ3n) is 8.41. The molecule has 5 rings (SSSR count). The Morgan fingerprint density at radius 3 is 1.92 bits per heavy atom. The molecule has 2 heterocycles. The number of rotatable bonds is 10. The van der Waals surface area contributed by atoms with Gasteiger partial charge in [0, 0.05) is 29.9 Å². The second-order valence-corrected chi connectivity index (χ2v) is 16.3. The van der Waals surface area contributed by atoms with E-state index in [-0.39, 0.29) is 41.4 Å². The van der Waals surface area contributed by atoms with Gasteiger partial charge in [-0.05, 0) is 115 Å². The lowest BCUT2D eigenvalue weighted by molar-refractivity contribution is -0.300. The zero-order valence-corrected chi connectivity index (χ0v) is 33.0. The predicted octanol–water partition coefficient (Wildman–Crippen LogP) is 10.7. The fourth-order valence-corrected chi connectivity index (χ4v) is 7.12. The molecule has 1 aromatic heterocycles. The van der Waals surface area contributed by atoms with Gasteiger partial charge >= 0.3 is 5.97 Å². The maximum absolute atomic E-state index is 14.2. The minimum absolute atomic E-state index is 0.0156. The Balaban J connectivity index is 0.000000618. The van der Waals surface area contributed by atoms with Crippen LogP contribution in [-0.4, -0.2) is 50.7 Å². The molecule has 9 heteroatoms. The van der Waals surface area contributed by atoms with E-state index in [2.05, 4.69) is 65.3 Å². The molecule has 3 aromatic carbocycles. The molecule has 0 spiro atoms. The molecule has 0 radical (unpaired) electrons. The summed E-state index contributed by atoms with van der Waals surface area (Å²) in [5.74, 6) is -2.47. The minimum atomic E-state index is -0.934. The summed E-state index contributed by atoms with van der Waals surface area (Å²) in [7, 11) is 0. The smallest absolute Gasteiger partial charge is 0.305 e. The van der Waals surface area contributed by atoms with Crippen molar-refractivity contribution >= 4 is 17.6 Å². The van der Waals surface area contributed by atoms with Crippen LogP contribution in [0.3, 0.4) is 0 Å². The van der Waals surface area contributed by atoms with Gasteiger partial charge in [-0.25, -0.2) is 4.39 Å². The lowest BCUT2D eigenvalue weighted by atomic mass is 9.94. The minimum Gasteiger partial charge on any atom is -0.481 e. The van der Waals surface area contributed by atoms with Crippen LogP contribution in [-0.2, 0) is 25.5 Å². The van der Waals surface area contributed by atoms with Crippen LogP contribution in [0.25, 0.3) is 22.4 Å². The molecular weight excluding hydrogens is 671 g/mol. The average molecular weight is 729 g/mol. The number of carbonyl (C=O) groups excluding carboxylic acids is 1. The summed E-state index contributed by atoms with van der Waals surface area (Å²) in [5, 5.41) is 12.5. The van der Waals surface area contributed by atoms with Gasteiger partial charge in [0.2, 0.25) is 0 Å². The van der Waals surface area contributed by atoms with Crippen molar-refractivity contribution in [3.8, 4) is 22.4 Å². The Kier molecular flexibility index (Phi) is 13.5. The summed E-state index contributed by atoms with van der Waals surface area (Å²) < 4.78 is 34.1. The van der Waals surface area contributed by atoms with Gasteiger partial charge in [-0.2, -0.15) is 0 Å². The van der Waals surface area contributed by atoms with Gasteiger partial charge < -0.3 is 29.2 Å². The molecule has 2 atom stereocenters. The predicted molar refractivity (Wildman–Crippen MR) is 210 cm³/mol. The van der Waals surface area contributed by atoms with Crippen molar-refractivity contribution in [1.82, 2.24) is 4.57 Å². The Hall–Kier alpha value is -4.31. The van der Waals surface area contributed by atoms with E-state index >= 15 is 0 Å². The number of hydrogen-bond acceptors (Lipinski definition) is 5. The van der Waals surface area contributed by atoms with E-state index in [0.717, 1.165) is 28.1 Å². The van der Waals surface area contributed by atoms with Crippen molar-refractivity contribution in [3.05, 3.63) is 102 Å². The SMILES string of the molecule is CC(C)(C)OC(C)(C)C.CC(C)c1c(C(=O)Nc2ccccc2)c(-c2ccccc2)c(-c2ccc(F)cc2)n1CC[C@@H]1C[C@H](CC(=O)O)OC(C)(C)O1. The van der Waals surface area contributed by atoms with Crippen LogP contribution in [0.4, 0.5) is 10.1 Å². The quantitative estimate of drug-likeness (QED) is 0.169. The van der Waals surface area contributed by atoms with Crippen LogP contribution in [0, 0.1) is 5.82 Å². The number of aromatic nitrogens is 1. The molecule has 0 unspecified atom stereocenters. The highest BCUT2D eigenvalue weighted by Crippen LogP contribution is 2.43. The standard InChI is InChI=1S/C36H39FN2O5.C8H18O/c1-23(2)33-32(35(42)38-27-13-9-6-10-14-27)31(24-11-7-5-8-12-24)34(25-15-17-26(37)18-16-25)39(33)20-19-28-21-29(22-30(40)41)44-36(3,4)43-28;1-7(2,3)9-8(4,5)6/h5-18,23,28-29H,19-22H2,1-4H3,(H,38,42)(H,40,41);1-6H3/t28-,29-;/m1./s1. The Morgan fingerprint density at radius 2 is 1.42 bits per heavy atom. The number of hydrogen-bond donors (Lipinski definition) is 2. The van der Waals surface area contributed by atoms with Crippen LogP contribution in [0.5, 0.6) is 0 Å². The van der Waals surface area contributed by atoms with E-state index in [4.69, 9.17) is 14.2 Å². The molecule has 1 aliphatic heterocycles. The summed E-state index contributed by atoms with van der Waals surface area (Å²) in [6.07, 6.45) is 0.145. The van der Waals surface area contributed by atoms with Crippen molar-refractivity contribution in [3.63, 3.8) is 0 Å². The van der Waals surface area contributed by atoms with Gasteiger partial charge in [0.15, 0.2) is 5.79 Å². The van der Waals surface area contributed by atoms with Gasteiger partial charge in [-0.3, -0.25) is 9.59 Å². The molecule has 0 bridgehead atoms. The monoisotopic (exact) mass is 728 g/mol. The fraction of sp³-hybridized carbons (Fsp3) is 0.455. The lowest BCUT2D eigenvalue weighted by Crippen LogP contribution is -2.45. The number of aliphatic carboxylic acids is 1. The molecule has 1 saturated heterocycles. The number of nitrogens with one attached hydrogen (secondary N) is 1. The number of benzene rings is 3. The summed E-state index contributed by atoms with van der Waals surface area (Å²) in [4.78, 5) is 25.7. The first kappa shape index (κ1) is 41.4. The number of anilines is 1. The molecule has 53 heavy (non-hydrogen) atoms. The largest absolute Gasteiger partial charge is 0.481 e. The van der Waals surface area contributed by atoms with E-state index < -0.39 is 17.9 Å². The molecule has 1 fully saturated rings. The molecular formula is C44H57FN2O6. The van der Waals surface area contributed by atoms with Gasteiger partial charge in [0.25, 0.3) is 5.91 Å². The van der Waals surface area contributed by atoms with Gasteiger partial charge in [-0.15, -0.1) is 0 Å². The van der Waals surface area contributed by atoms with E-state index in [9.17, 15) is 19.1 Å². The van der Waals surface area contributed by atoms with E-state index in [1.54, 1.807) is 26.0 Å². The first-order chi connectivity index (χ1) is 24.7. The molecule has 4 aromatic rings. The lowest BCUT2D eigenvalue weighted by Gasteiger charge is -2.40. The van der Waals surface area contributed by atoms with Crippen LogP contribution < -0.4 is 5.32 Å². The first-order valence-corrected chi connectivity index (χ1v) is 18.4. The molecule has 1 aliphatic rings. The number of halogens is 1. The van der Waals surface area contributed by atoms with Crippen molar-refractivity contribution in [1.29, 1.82) is 0 Å². The second-order valence-electron chi connectivity index (χ2n) is 16.3. The summed E-state index contributed by atoms with van der Waals surface area (Å²) in [6.45, 7) is 20.6. The number of carbonyl (C=O) groups is 2. The number of amides is 1. The van der Waals surface area contributed by atoms with Crippen LogP contribution in [0.1, 0.15) is 110 Å². The second kappa shape index (κ2) is 17.2. The van der Waals surface area contributed by atoms with E-state index in [1.165, 1.54) is 12.1 Å². The summed E-state index contributed by atoms with van der Waals surface area (Å²) in [5.41, 5.74) is 5.30. The molecule has 0 aliphatic carbocycles. The summed E-state index contributed by atoms with van der Waals surface area (Å²) in [6, 6.07) is 25.5. The average Bonchev–Trinajstić information content (AvgIpc) is 3.38. The highest BCUT2D eigenvalue weighted by atomic mass is 19.1. The van der Waals surface area contributed by atoms with Crippen LogP contribution >= 0.6 is 0 Å². The molecule has 8 nitrogen and oxygen atoms in total. The number of carboxylic acids is 1. The normalized spacial score (nSPS) is 17.2.